The topological polar surface area (TPSA) is 93.9 Å². The second-order valence-corrected chi connectivity index (χ2v) is 9.19. The van der Waals surface area contributed by atoms with E-state index in [1.54, 1.807) is 17.8 Å². The Morgan fingerprint density at radius 2 is 2.12 bits per heavy atom. The molecule has 7 nitrogen and oxygen atoms in total. The standard InChI is InChI=1S/C15H18N4O3S2/c1-15(7-8-24(21,22)10-15)17-13(20)9-23-14-18-16-11-19(14)12-5-3-2-4-6-12/h2-6,11H,7-10H2,1H3,(H,17,20)/t15-/m0/s1. The van der Waals surface area contributed by atoms with Crippen LogP contribution in [0.4, 0.5) is 0 Å². The number of carbonyl (C=O) groups excluding carboxylic acids is 1. The largest absolute Gasteiger partial charge is 0.349 e. The number of nitrogens with one attached hydrogen (secondary N) is 1. The fraction of sp³-hybridized carbons (Fsp3) is 0.400. The van der Waals surface area contributed by atoms with E-state index in [1.807, 2.05) is 30.3 Å². The third-order valence-corrected chi connectivity index (χ3v) is 6.67. The van der Waals surface area contributed by atoms with Gasteiger partial charge in [-0.2, -0.15) is 0 Å². The lowest BCUT2D eigenvalue weighted by molar-refractivity contribution is -0.120. The second-order valence-electron chi connectivity index (χ2n) is 6.06. The first-order valence-electron chi connectivity index (χ1n) is 7.47. The molecular formula is C15H18N4O3S2. The molecule has 9 heteroatoms. The number of rotatable bonds is 5. The van der Waals surface area contributed by atoms with Gasteiger partial charge in [0.15, 0.2) is 15.0 Å². The molecule has 2 heterocycles. The lowest BCUT2D eigenvalue weighted by Crippen LogP contribution is -2.47. The van der Waals surface area contributed by atoms with Crippen molar-refractivity contribution in [3.63, 3.8) is 0 Å². The van der Waals surface area contributed by atoms with Crippen LogP contribution in [0.3, 0.4) is 0 Å². The van der Waals surface area contributed by atoms with Gasteiger partial charge in [-0.1, -0.05) is 30.0 Å². The zero-order valence-electron chi connectivity index (χ0n) is 13.2. The summed E-state index contributed by atoms with van der Waals surface area (Å²) in [5, 5.41) is 11.4. The molecule has 0 bridgehead atoms. The summed E-state index contributed by atoms with van der Waals surface area (Å²) in [5.74, 6) is 0.0685. The third-order valence-electron chi connectivity index (χ3n) is 3.83. The predicted octanol–water partition coefficient (Wildman–Crippen LogP) is 1.05. The lowest BCUT2D eigenvalue weighted by Gasteiger charge is -2.23. The van der Waals surface area contributed by atoms with Gasteiger partial charge in [0.05, 0.1) is 22.8 Å². The molecule has 0 radical (unpaired) electrons. The fourth-order valence-corrected chi connectivity index (χ4v) is 5.52. The van der Waals surface area contributed by atoms with Crippen molar-refractivity contribution in [2.75, 3.05) is 17.3 Å². The smallest absolute Gasteiger partial charge is 0.230 e. The summed E-state index contributed by atoms with van der Waals surface area (Å²) in [6.07, 6.45) is 2.05. The van der Waals surface area contributed by atoms with E-state index in [9.17, 15) is 13.2 Å². The van der Waals surface area contributed by atoms with E-state index in [1.165, 1.54) is 11.8 Å². The van der Waals surface area contributed by atoms with Gasteiger partial charge in [-0.05, 0) is 25.5 Å². The molecule has 128 valence electrons. The summed E-state index contributed by atoms with van der Waals surface area (Å²) in [6, 6.07) is 9.61. The van der Waals surface area contributed by atoms with Crippen LogP contribution in [0, 0.1) is 0 Å². The Bertz CT molecular complexity index is 835. The van der Waals surface area contributed by atoms with Crippen LogP contribution in [-0.4, -0.2) is 51.9 Å². The molecule has 1 fully saturated rings. The maximum atomic E-state index is 12.2. The van der Waals surface area contributed by atoms with E-state index >= 15 is 0 Å². The normalized spacial score (nSPS) is 22.4. The van der Waals surface area contributed by atoms with Crippen LogP contribution in [0.15, 0.2) is 41.8 Å². The van der Waals surface area contributed by atoms with E-state index in [-0.39, 0.29) is 23.2 Å². The van der Waals surface area contributed by atoms with Crippen LogP contribution in [-0.2, 0) is 14.6 Å². The van der Waals surface area contributed by atoms with Crippen LogP contribution in [0.1, 0.15) is 13.3 Å². The Hall–Kier alpha value is -1.87. The number of hydrogen-bond acceptors (Lipinski definition) is 6. The van der Waals surface area contributed by atoms with Gasteiger partial charge in [-0.15, -0.1) is 10.2 Å². The van der Waals surface area contributed by atoms with Crippen LogP contribution >= 0.6 is 11.8 Å². The number of nitrogens with zero attached hydrogens (tertiary/aromatic N) is 3. The van der Waals surface area contributed by atoms with Gasteiger partial charge in [0.25, 0.3) is 0 Å². The number of carbonyl (C=O) groups is 1. The minimum atomic E-state index is -3.05. The highest BCUT2D eigenvalue weighted by Crippen LogP contribution is 2.24. The summed E-state index contributed by atoms with van der Waals surface area (Å²) >= 11 is 1.27. The first-order chi connectivity index (χ1) is 11.4. The van der Waals surface area contributed by atoms with Gasteiger partial charge in [0.2, 0.25) is 5.91 Å². The van der Waals surface area contributed by atoms with Crippen molar-refractivity contribution >= 4 is 27.5 Å². The monoisotopic (exact) mass is 366 g/mol. The SMILES string of the molecule is C[C@]1(NC(=O)CSc2nncn2-c2ccccc2)CCS(=O)(=O)C1. The summed E-state index contributed by atoms with van der Waals surface area (Å²) in [7, 11) is -3.05. The average molecular weight is 366 g/mol. The van der Waals surface area contributed by atoms with Crippen LogP contribution in [0.25, 0.3) is 5.69 Å². The first-order valence-corrected chi connectivity index (χ1v) is 10.3. The molecule has 1 atom stereocenters. The number of para-hydroxylation sites is 1. The molecule has 2 aromatic rings. The number of thioether (sulfide) groups is 1. The zero-order valence-corrected chi connectivity index (χ0v) is 14.8. The van der Waals surface area contributed by atoms with Gasteiger partial charge in [-0.3, -0.25) is 9.36 Å². The molecule has 1 aliphatic heterocycles. The summed E-state index contributed by atoms with van der Waals surface area (Å²) in [5.41, 5.74) is 0.239. The first kappa shape index (κ1) is 17.0. The van der Waals surface area contributed by atoms with E-state index in [0.29, 0.717) is 11.6 Å². The molecule has 0 unspecified atom stereocenters. The Balaban J connectivity index is 1.61. The molecule has 0 saturated carbocycles. The van der Waals surface area contributed by atoms with Crippen molar-refractivity contribution in [2.45, 2.75) is 24.0 Å². The third kappa shape index (κ3) is 3.96. The average Bonchev–Trinajstić information content (AvgIpc) is 3.10. The summed E-state index contributed by atoms with van der Waals surface area (Å²) in [4.78, 5) is 12.2. The van der Waals surface area contributed by atoms with Gasteiger partial charge < -0.3 is 5.32 Å². The highest BCUT2D eigenvalue weighted by Gasteiger charge is 2.39. The van der Waals surface area contributed by atoms with Crippen LogP contribution < -0.4 is 5.32 Å². The highest BCUT2D eigenvalue weighted by molar-refractivity contribution is 7.99. The molecule has 1 N–H and O–H groups in total. The Kier molecular flexibility index (Phi) is 4.64. The molecule has 3 rings (SSSR count). The van der Waals surface area contributed by atoms with Crippen molar-refractivity contribution in [1.82, 2.24) is 20.1 Å². The molecule has 1 amide bonds. The van der Waals surface area contributed by atoms with Crippen molar-refractivity contribution in [3.05, 3.63) is 36.7 Å². The van der Waals surface area contributed by atoms with Gasteiger partial charge >= 0.3 is 0 Å². The Morgan fingerprint density at radius 3 is 2.79 bits per heavy atom. The zero-order chi connectivity index (χ0) is 17.2. The van der Waals surface area contributed by atoms with Crippen molar-refractivity contribution in [3.8, 4) is 5.69 Å². The number of amides is 1. The van der Waals surface area contributed by atoms with E-state index in [2.05, 4.69) is 15.5 Å². The second kappa shape index (κ2) is 6.56. The molecule has 24 heavy (non-hydrogen) atoms. The molecule has 1 aromatic heterocycles. The van der Waals surface area contributed by atoms with Crippen molar-refractivity contribution in [2.24, 2.45) is 0 Å². The van der Waals surface area contributed by atoms with Gasteiger partial charge in [0.1, 0.15) is 6.33 Å². The molecular weight excluding hydrogens is 348 g/mol. The predicted molar refractivity (Wildman–Crippen MR) is 91.9 cm³/mol. The van der Waals surface area contributed by atoms with Gasteiger partial charge in [-0.25, -0.2) is 8.42 Å². The quantitative estimate of drug-likeness (QED) is 0.795. The van der Waals surface area contributed by atoms with E-state index in [4.69, 9.17) is 0 Å². The highest BCUT2D eigenvalue weighted by atomic mass is 32.2. The summed E-state index contributed by atoms with van der Waals surface area (Å²) < 4.78 is 25.0. The van der Waals surface area contributed by atoms with Crippen molar-refractivity contribution < 1.29 is 13.2 Å². The maximum absolute atomic E-state index is 12.2. The molecule has 1 aliphatic rings. The minimum Gasteiger partial charge on any atom is -0.349 e. The molecule has 1 saturated heterocycles. The fourth-order valence-electron chi connectivity index (χ4n) is 2.70. The lowest BCUT2D eigenvalue weighted by atomic mass is 10.0. The Morgan fingerprint density at radius 1 is 1.38 bits per heavy atom. The van der Waals surface area contributed by atoms with Crippen LogP contribution in [0.2, 0.25) is 0 Å². The minimum absolute atomic E-state index is 0.00337. The molecule has 0 spiro atoms. The van der Waals surface area contributed by atoms with E-state index in [0.717, 1.165) is 5.69 Å². The van der Waals surface area contributed by atoms with Crippen LogP contribution in [0.5, 0.6) is 0 Å². The number of sulfone groups is 1. The number of aromatic nitrogens is 3. The number of hydrogen-bond donors (Lipinski definition) is 1. The van der Waals surface area contributed by atoms with E-state index < -0.39 is 15.4 Å². The van der Waals surface area contributed by atoms with Gasteiger partial charge in [0, 0.05) is 5.69 Å². The maximum Gasteiger partial charge on any atom is 0.230 e. The summed E-state index contributed by atoms with van der Waals surface area (Å²) in [6.45, 7) is 1.77. The number of benzene rings is 1. The van der Waals surface area contributed by atoms with Crippen molar-refractivity contribution in [1.29, 1.82) is 0 Å². The molecule has 0 aliphatic carbocycles. The Labute approximate surface area is 144 Å². The molecule has 1 aromatic carbocycles.